The first-order chi connectivity index (χ1) is 21.0. The van der Waals surface area contributed by atoms with Gasteiger partial charge in [0.25, 0.3) is 0 Å². The molecule has 0 radical (unpaired) electrons. The molecule has 5 rings (SSSR count). The molecule has 3 aromatic rings. The largest absolute Gasteiger partial charge is 0.506 e. The second kappa shape index (κ2) is 11.8. The van der Waals surface area contributed by atoms with Crippen LogP contribution in [0.4, 0.5) is 11.4 Å². The van der Waals surface area contributed by atoms with Crippen molar-refractivity contribution in [2.75, 3.05) is 16.3 Å². The minimum atomic E-state index is -3.92. The summed E-state index contributed by atoms with van der Waals surface area (Å²) in [6.45, 7) is 10.5. The monoisotopic (exact) mass is 650 g/mol. The Hall–Kier alpha value is -3.94. The lowest BCUT2D eigenvalue weighted by Crippen LogP contribution is -2.53. The van der Waals surface area contributed by atoms with Crippen LogP contribution >= 0.6 is 10.8 Å². The maximum absolute atomic E-state index is 14.9. The Labute approximate surface area is 265 Å². The molecule has 2 aliphatic rings. The fourth-order valence-corrected chi connectivity index (χ4v) is 7.33. The number of aliphatic hydroxyl groups is 1. The van der Waals surface area contributed by atoms with E-state index in [9.17, 15) is 27.4 Å². The van der Waals surface area contributed by atoms with E-state index in [1.807, 2.05) is 36.4 Å². The zero-order chi connectivity index (χ0) is 32.8. The van der Waals surface area contributed by atoms with Crippen molar-refractivity contribution in [1.82, 2.24) is 5.32 Å². The van der Waals surface area contributed by atoms with Gasteiger partial charge >= 0.3 is 0 Å². The van der Waals surface area contributed by atoms with Crippen LogP contribution < -0.4 is 15.4 Å². The van der Waals surface area contributed by atoms with Crippen LogP contribution in [0.2, 0.25) is 0 Å². The normalized spacial score (nSPS) is 20.0. The number of carbonyl (C=O) groups is 1. The quantitative estimate of drug-likeness (QED) is 0.146. The molecule has 0 saturated heterocycles. The smallest absolute Gasteiger partial charge is 0.229 e. The molecule has 0 spiro atoms. The van der Waals surface area contributed by atoms with Crippen molar-refractivity contribution in [2.45, 2.75) is 50.6 Å². The Kier molecular flexibility index (Phi) is 8.49. The highest BCUT2D eigenvalue weighted by Gasteiger charge is 2.49. The van der Waals surface area contributed by atoms with Gasteiger partial charge < -0.3 is 10.4 Å². The van der Waals surface area contributed by atoms with Crippen LogP contribution in [-0.2, 0) is 26.9 Å². The molecule has 12 heteroatoms. The molecule has 0 fully saturated rings. The fourth-order valence-electron chi connectivity index (χ4n) is 5.58. The molecule has 45 heavy (non-hydrogen) atoms. The number of hydrogen-bond donors (Lipinski definition) is 6. The summed E-state index contributed by atoms with van der Waals surface area (Å²) < 4.78 is 52.3. The number of rotatable bonds is 9. The van der Waals surface area contributed by atoms with E-state index in [0.717, 1.165) is 17.4 Å². The van der Waals surface area contributed by atoms with Crippen LogP contribution in [0.3, 0.4) is 0 Å². The molecule has 0 amide bonds. The van der Waals surface area contributed by atoms with E-state index in [0.29, 0.717) is 30.5 Å². The van der Waals surface area contributed by atoms with E-state index in [-0.39, 0.29) is 38.9 Å². The van der Waals surface area contributed by atoms with Gasteiger partial charge in [0.1, 0.15) is 21.8 Å². The number of hydrogen-bond acceptors (Lipinski definition) is 9. The van der Waals surface area contributed by atoms with E-state index >= 15 is 0 Å². The van der Waals surface area contributed by atoms with Gasteiger partial charge in [-0.3, -0.25) is 23.9 Å². The Balaban J connectivity index is 1.63. The summed E-state index contributed by atoms with van der Waals surface area (Å²) in [4.78, 5) is 14.8. The Morgan fingerprint density at radius 2 is 1.80 bits per heavy atom. The number of benzene rings is 3. The lowest BCUT2D eigenvalue weighted by Gasteiger charge is -2.42. The summed E-state index contributed by atoms with van der Waals surface area (Å²) in [6, 6.07) is 19.1. The summed E-state index contributed by atoms with van der Waals surface area (Å²) in [5, 5.41) is 18.2. The minimum absolute atomic E-state index is 0.0529. The van der Waals surface area contributed by atoms with E-state index in [1.54, 1.807) is 18.2 Å². The molecule has 0 bridgehead atoms. The maximum Gasteiger partial charge on any atom is 0.229 e. The molecule has 10 nitrogen and oxygen atoms in total. The van der Waals surface area contributed by atoms with Crippen molar-refractivity contribution in [2.24, 2.45) is 9.81 Å². The molecule has 1 unspecified atom stereocenters. The Bertz CT molecular complexity index is 1860. The van der Waals surface area contributed by atoms with Gasteiger partial charge in [0.2, 0.25) is 10.0 Å². The fraction of sp³-hybridized carbons (Fsp3) is 0.273. The third-order valence-electron chi connectivity index (χ3n) is 7.81. The van der Waals surface area contributed by atoms with Gasteiger partial charge in [-0.15, -0.1) is 4.40 Å². The van der Waals surface area contributed by atoms with Crippen molar-refractivity contribution in [3.8, 4) is 0 Å². The number of anilines is 2. The molecule has 1 aliphatic heterocycles. The van der Waals surface area contributed by atoms with Crippen LogP contribution in [0, 0.1) is 5.41 Å². The van der Waals surface area contributed by atoms with Crippen LogP contribution in [0.5, 0.6) is 0 Å². The van der Waals surface area contributed by atoms with Crippen molar-refractivity contribution in [1.29, 1.82) is 0 Å². The van der Waals surface area contributed by atoms with E-state index in [4.69, 9.17) is 0 Å². The van der Waals surface area contributed by atoms with Crippen LogP contribution in [-0.4, -0.2) is 40.5 Å². The first kappa shape index (κ1) is 32.5. The topological polar surface area (TPSA) is 160 Å². The van der Waals surface area contributed by atoms with E-state index in [1.165, 1.54) is 18.2 Å². The number of fused-ring (bicyclic) bond motifs is 2. The number of aliphatic hydroxyl groups excluding tert-OH is 1. The summed E-state index contributed by atoms with van der Waals surface area (Å²) in [5.41, 5.74) is 1.61. The zero-order valence-corrected chi connectivity index (χ0v) is 27.2. The van der Waals surface area contributed by atoms with E-state index < -0.39 is 32.1 Å². The van der Waals surface area contributed by atoms with E-state index in [2.05, 4.69) is 47.1 Å². The van der Waals surface area contributed by atoms with Gasteiger partial charge in [0.05, 0.1) is 17.6 Å². The van der Waals surface area contributed by atoms with Crippen molar-refractivity contribution in [3.63, 3.8) is 0 Å². The van der Waals surface area contributed by atoms with Gasteiger partial charge in [0, 0.05) is 12.1 Å². The molecule has 1 aliphatic carbocycles. The summed E-state index contributed by atoms with van der Waals surface area (Å²) in [6.07, 6.45) is 3.76. The van der Waals surface area contributed by atoms with Crippen LogP contribution in [0.15, 0.2) is 88.2 Å². The molecule has 1 heterocycles. The predicted octanol–water partition coefficient (Wildman–Crippen LogP) is 6.91. The molecule has 6 N–H and O–H groups in total. The average Bonchev–Trinajstić information content (AvgIpc) is 2.96. The Morgan fingerprint density at radius 1 is 1.07 bits per heavy atom. The van der Waals surface area contributed by atoms with Gasteiger partial charge in [-0.2, -0.15) is 0 Å². The first-order valence-corrected chi connectivity index (χ1v) is 17.7. The third kappa shape index (κ3) is 6.70. The molecule has 238 valence electrons. The highest BCUT2D eigenvalue weighted by atomic mass is 32.3. The predicted molar refractivity (Wildman–Crippen MR) is 182 cm³/mol. The van der Waals surface area contributed by atoms with Crippen molar-refractivity contribution >= 4 is 55.6 Å². The van der Waals surface area contributed by atoms with Gasteiger partial charge in [-0.1, -0.05) is 92.7 Å². The highest BCUT2D eigenvalue weighted by molar-refractivity contribution is 8.23. The second-order valence-corrected chi connectivity index (χ2v) is 15.9. The highest BCUT2D eigenvalue weighted by Crippen LogP contribution is 2.57. The first-order valence-electron chi connectivity index (χ1n) is 14.3. The minimum Gasteiger partial charge on any atom is -0.506 e. The van der Waals surface area contributed by atoms with Crippen LogP contribution in [0.25, 0.3) is 11.8 Å². The number of sulfonamides is 1. The molecular formula is C33H38N4O6S2. The van der Waals surface area contributed by atoms with Crippen LogP contribution in [0.1, 0.15) is 55.9 Å². The molecule has 3 aromatic carbocycles. The second-order valence-electron chi connectivity index (χ2n) is 12.5. The standard InChI is InChI=1S/C33H38N4O6S2/c1-6-21-10-9-11-22(18-21)20-34-33(17-16-32(2,3)4)25-13-8-7-12-24(25)29(38)28(30(33)39)31-35-26-15-14-23(36-44(5,40)41)19-27(26)45(42,43)37-31/h6-15,18-19,34,36,38,42-43H,1,16-17,20H2,2-5H3,(H,35,37). The number of nitrogens with one attached hydrogen (secondary N) is 3. The van der Waals surface area contributed by atoms with Gasteiger partial charge in [-0.25, -0.2) is 8.42 Å². The lowest BCUT2D eigenvalue weighted by atomic mass is 9.69. The molecular weight excluding hydrogens is 613 g/mol. The Morgan fingerprint density at radius 3 is 2.49 bits per heavy atom. The number of nitrogens with zero attached hydrogens (tertiary/aromatic N) is 1. The number of carbonyl (C=O) groups excluding carboxylic acids is 1. The summed E-state index contributed by atoms with van der Waals surface area (Å²) in [5.74, 6) is -1.00. The SMILES string of the molecule is C=Cc1cccc(CNC2(CCC(C)(C)C)C(=O)C(C3=NS(O)(O)c4cc(NS(C)(=O)=O)ccc4N3)=C(O)c3ccccc32)c1. The molecule has 0 aromatic heterocycles. The average molecular weight is 651 g/mol. The van der Waals surface area contributed by atoms with Gasteiger partial charge in [0.15, 0.2) is 11.6 Å². The molecule has 1 atom stereocenters. The van der Waals surface area contributed by atoms with Crippen molar-refractivity contribution < 1.29 is 27.4 Å². The summed E-state index contributed by atoms with van der Waals surface area (Å²) >= 11 is 0. The maximum atomic E-state index is 14.9. The molecule has 0 saturated carbocycles. The zero-order valence-electron chi connectivity index (χ0n) is 25.6. The van der Waals surface area contributed by atoms with Gasteiger partial charge in [-0.05, 0) is 53.1 Å². The third-order valence-corrected chi connectivity index (χ3v) is 9.78. The number of ketones is 1. The number of Topliss-reactive ketones (excluding diaryl/α,β-unsaturated/α-hetero) is 1. The number of amidine groups is 1. The summed E-state index contributed by atoms with van der Waals surface area (Å²) in [7, 11) is -7.54. The van der Waals surface area contributed by atoms with Crippen molar-refractivity contribution in [3.05, 3.63) is 101 Å². The lowest BCUT2D eigenvalue weighted by molar-refractivity contribution is -0.122.